The van der Waals surface area contributed by atoms with Gasteiger partial charge in [-0.15, -0.1) is 0 Å². The van der Waals surface area contributed by atoms with Crippen LogP contribution in [0.1, 0.15) is 11.1 Å². The molecule has 1 aromatic carbocycles. The summed E-state index contributed by atoms with van der Waals surface area (Å²) in [6.07, 6.45) is 0. The van der Waals surface area contributed by atoms with E-state index in [1.165, 1.54) is 0 Å². The normalized spacial score (nSPS) is 12.3. The summed E-state index contributed by atoms with van der Waals surface area (Å²) in [6, 6.07) is 3.15. The van der Waals surface area contributed by atoms with Crippen molar-refractivity contribution in [3.63, 3.8) is 0 Å². The van der Waals surface area contributed by atoms with E-state index in [2.05, 4.69) is 23.2 Å². The highest BCUT2D eigenvalue weighted by Gasteiger charge is 2.49. The van der Waals surface area contributed by atoms with Gasteiger partial charge in [0.2, 0.25) is 0 Å². The fourth-order valence-electron chi connectivity index (χ4n) is 1.24. The molecule has 0 aromatic heterocycles. The van der Waals surface area contributed by atoms with E-state index < -0.39 is 33.5 Å². The van der Waals surface area contributed by atoms with Gasteiger partial charge < -0.3 is 0 Å². The third-order valence-electron chi connectivity index (χ3n) is 2.10. The fourth-order valence-corrected chi connectivity index (χ4v) is 1.45. The van der Waals surface area contributed by atoms with Gasteiger partial charge >= 0.3 is 11.8 Å². The number of hydrogen-bond donors (Lipinski definition) is 0. The molecule has 0 amide bonds. The van der Waals surface area contributed by atoms with Gasteiger partial charge in [0.25, 0.3) is 10.5 Å². The van der Waals surface area contributed by atoms with Crippen LogP contribution in [0, 0.1) is 0 Å². The quantitative estimate of drug-likeness (QED) is 0.631. The molecule has 0 fully saturated rings. The van der Waals surface area contributed by atoms with Crippen LogP contribution in [0.25, 0.3) is 0 Å². The van der Waals surface area contributed by atoms with Crippen molar-refractivity contribution in [2.24, 2.45) is 0 Å². The largest absolute Gasteiger partial charge is 0.345 e. The van der Waals surface area contributed by atoms with Crippen molar-refractivity contribution >= 4 is 33.7 Å². The number of carbonyl (C=O) groups excluding carboxylic acids is 2. The Morgan fingerprint density at radius 3 is 1.33 bits per heavy atom. The van der Waals surface area contributed by atoms with Crippen molar-refractivity contribution in [1.82, 2.24) is 0 Å². The van der Waals surface area contributed by atoms with Crippen LogP contribution in [0.4, 0.5) is 17.6 Å². The molecule has 18 heavy (non-hydrogen) atoms. The molecule has 1 rings (SSSR count). The summed E-state index contributed by atoms with van der Waals surface area (Å²) in [5, 5.41) is -4.26. The molecule has 0 heterocycles. The first-order chi connectivity index (χ1) is 8.11. The van der Waals surface area contributed by atoms with Gasteiger partial charge in [-0.2, -0.15) is 17.6 Å². The maximum Gasteiger partial charge on any atom is 0.345 e. The average Bonchev–Trinajstić information content (AvgIpc) is 2.28. The van der Waals surface area contributed by atoms with Gasteiger partial charge in [-0.1, -0.05) is 24.3 Å². The molecule has 0 N–H and O–H groups in total. The van der Waals surface area contributed by atoms with Gasteiger partial charge in [-0.25, -0.2) is 0 Å². The molecule has 0 atom stereocenters. The molecule has 8 heteroatoms. The minimum absolute atomic E-state index is 0.573. The Balaban J connectivity index is 3.50. The maximum absolute atomic E-state index is 13.4. The van der Waals surface area contributed by atoms with E-state index in [0.29, 0.717) is 12.1 Å². The van der Waals surface area contributed by atoms with Gasteiger partial charge in [-0.05, 0) is 23.2 Å². The first-order valence-electron chi connectivity index (χ1n) is 4.37. The second-order valence-electron chi connectivity index (χ2n) is 3.24. The summed E-state index contributed by atoms with van der Waals surface area (Å²) in [5.41, 5.74) is -2.71. The minimum atomic E-state index is -4.34. The van der Waals surface area contributed by atoms with Crippen LogP contribution in [0.5, 0.6) is 0 Å². The lowest BCUT2D eigenvalue weighted by atomic mass is 9.98. The summed E-state index contributed by atoms with van der Waals surface area (Å²) >= 11 is 9.31. The Hall–Kier alpha value is -1.14. The summed E-state index contributed by atoms with van der Waals surface area (Å²) < 4.78 is 53.5. The highest BCUT2D eigenvalue weighted by Crippen LogP contribution is 2.40. The van der Waals surface area contributed by atoms with Crippen molar-refractivity contribution in [3.05, 3.63) is 35.4 Å². The van der Waals surface area contributed by atoms with Gasteiger partial charge in [0.05, 0.1) is 0 Å². The number of benzene rings is 1. The van der Waals surface area contributed by atoms with Crippen LogP contribution < -0.4 is 0 Å². The van der Waals surface area contributed by atoms with Crippen LogP contribution in [0.15, 0.2) is 24.3 Å². The molecule has 0 unspecified atom stereocenters. The summed E-state index contributed by atoms with van der Waals surface area (Å²) in [6.45, 7) is 0. The predicted octanol–water partition coefficient (Wildman–Crippen LogP) is 3.40. The zero-order valence-electron chi connectivity index (χ0n) is 8.39. The van der Waals surface area contributed by atoms with Crippen molar-refractivity contribution in [2.75, 3.05) is 0 Å². The third-order valence-corrected chi connectivity index (χ3v) is 2.57. The number of hydrogen-bond acceptors (Lipinski definition) is 2. The topological polar surface area (TPSA) is 34.1 Å². The Kier molecular flexibility index (Phi) is 4.02. The molecule has 0 aliphatic rings. The van der Waals surface area contributed by atoms with E-state index in [0.717, 1.165) is 12.1 Å². The molecule has 1 aromatic rings. The highest BCUT2D eigenvalue weighted by molar-refractivity contribution is 6.65. The lowest BCUT2D eigenvalue weighted by Crippen LogP contribution is -2.30. The van der Waals surface area contributed by atoms with Crippen LogP contribution in [-0.4, -0.2) is 10.5 Å². The molecule has 0 saturated carbocycles. The Morgan fingerprint density at radius 1 is 0.833 bits per heavy atom. The zero-order valence-corrected chi connectivity index (χ0v) is 9.91. The van der Waals surface area contributed by atoms with Gasteiger partial charge in [0.1, 0.15) is 0 Å². The number of halogens is 6. The Labute approximate surface area is 108 Å². The Bertz CT molecular complexity index is 457. The predicted molar refractivity (Wildman–Crippen MR) is 56.0 cm³/mol. The average molecular weight is 303 g/mol. The number of alkyl halides is 4. The molecular weight excluding hydrogens is 299 g/mol. The van der Waals surface area contributed by atoms with E-state index in [1.54, 1.807) is 0 Å². The van der Waals surface area contributed by atoms with E-state index in [1.807, 2.05) is 0 Å². The molecule has 2 nitrogen and oxygen atoms in total. The second kappa shape index (κ2) is 4.85. The number of carbonyl (C=O) groups is 2. The SMILES string of the molecule is O=C(Cl)C(F)(F)c1ccccc1C(F)(F)C(=O)Cl. The lowest BCUT2D eigenvalue weighted by molar-refractivity contribution is -0.139. The fraction of sp³-hybridized carbons (Fsp3) is 0.200. The van der Waals surface area contributed by atoms with Crippen LogP contribution in [0.2, 0.25) is 0 Å². The first-order valence-corrected chi connectivity index (χ1v) is 5.13. The molecule has 0 saturated heterocycles. The van der Waals surface area contributed by atoms with Crippen LogP contribution >= 0.6 is 23.2 Å². The summed E-state index contributed by atoms with van der Waals surface area (Å²) in [7, 11) is 0. The number of rotatable bonds is 4. The molecular formula is C10H4Cl2F4O2. The smallest absolute Gasteiger partial charge is 0.274 e. The van der Waals surface area contributed by atoms with Crippen molar-refractivity contribution < 1.29 is 27.2 Å². The van der Waals surface area contributed by atoms with Crippen molar-refractivity contribution in [3.8, 4) is 0 Å². The zero-order chi connectivity index (χ0) is 14.1. The molecule has 98 valence electrons. The molecule has 0 spiro atoms. The van der Waals surface area contributed by atoms with Crippen molar-refractivity contribution in [2.45, 2.75) is 11.8 Å². The second-order valence-corrected chi connectivity index (χ2v) is 3.93. The Morgan fingerprint density at radius 2 is 1.11 bits per heavy atom. The highest BCUT2D eigenvalue weighted by atomic mass is 35.5. The van der Waals surface area contributed by atoms with E-state index >= 15 is 0 Å². The molecule has 0 bridgehead atoms. The standard InChI is InChI=1S/C10H4Cl2F4O2/c11-7(17)9(13,14)5-3-1-2-4-6(5)10(15,16)8(12)18/h1-4H. The van der Waals surface area contributed by atoms with E-state index in [-0.39, 0.29) is 0 Å². The van der Waals surface area contributed by atoms with Gasteiger partial charge in [-0.3, -0.25) is 9.59 Å². The third kappa shape index (κ3) is 2.49. The van der Waals surface area contributed by atoms with Crippen LogP contribution in [0.3, 0.4) is 0 Å². The first kappa shape index (κ1) is 14.9. The minimum Gasteiger partial charge on any atom is -0.274 e. The monoisotopic (exact) mass is 302 g/mol. The maximum atomic E-state index is 13.4. The lowest BCUT2D eigenvalue weighted by Gasteiger charge is -2.20. The molecule has 0 aliphatic heterocycles. The van der Waals surface area contributed by atoms with E-state index in [9.17, 15) is 27.2 Å². The van der Waals surface area contributed by atoms with Gasteiger partial charge in [0.15, 0.2) is 0 Å². The van der Waals surface area contributed by atoms with Crippen LogP contribution in [-0.2, 0) is 21.4 Å². The van der Waals surface area contributed by atoms with Crippen molar-refractivity contribution in [1.29, 1.82) is 0 Å². The molecule has 0 radical (unpaired) electrons. The van der Waals surface area contributed by atoms with Gasteiger partial charge in [0, 0.05) is 11.1 Å². The summed E-state index contributed by atoms with van der Waals surface area (Å²) in [5.74, 6) is -8.68. The molecule has 0 aliphatic carbocycles. The summed E-state index contributed by atoms with van der Waals surface area (Å²) in [4.78, 5) is 21.1. The van der Waals surface area contributed by atoms with E-state index in [4.69, 9.17) is 0 Å².